The van der Waals surface area contributed by atoms with Crippen LogP contribution in [0.3, 0.4) is 0 Å². The molecule has 0 radical (unpaired) electrons. The van der Waals surface area contributed by atoms with E-state index < -0.39 is 0 Å². The summed E-state index contributed by atoms with van der Waals surface area (Å²) >= 11 is 0. The average molecular weight is 258 g/mol. The summed E-state index contributed by atoms with van der Waals surface area (Å²) in [6.45, 7) is 3.82. The Labute approximate surface area is 112 Å². The molecule has 1 saturated carbocycles. The Kier molecular flexibility index (Phi) is 2.52. The molecule has 1 aromatic carbocycles. The van der Waals surface area contributed by atoms with Gasteiger partial charge in [0.15, 0.2) is 17.0 Å². The van der Waals surface area contributed by atoms with Crippen molar-refractivity contribution >= 4 is 11.1 Å². The zero-order valence-corrected chi connectivity index (χ0v) is 11.1. The minimum Gasteiger partial charge on any atom is -0.489 e. The smallest absolute Gasteiger partial charge is 0.192 e. The molecule has 2 fully saturated rings. The molecular formula is C15H18N2O2. The Hall–Kier alpha value is -1.55. The first-order chi connectivity index (χ1) is 9.31. The standard InChI is InChI=1S/C15H18N2O2/c1-10-16-15-13(6-3-7-14(15)19-10)18-9-12-8-17(12)11-4-2-5-11/h3,6-7,11-12H,2,4-5,8-9H2,1H3. The maximum absolute atomic E-state index is 5.94. The second-order valence-corrected chi connectivity index (χ2v) is 5.58. The van der Waals surface area contributed by atoms with Gasteiger partial charge in [-0.2, -0.15) is 0 Å². The molecule has 2 aromatic rings. The summed E-state index contributed by atoms with van der Waals surface area (Å²) in [7, 11) is 0. The van der Waals surface area contributed by atoms with Crippen molar-refractivity contribution < 1.29 is 9.15 Å². The molecule has 0 N–H and O–H groups in total. The highest BCUT2D eigenvalue weighted by molar-refractivity contribution is 5.79. The molecule has 1 aliphatic carbocycles. The van der Waals surface area contributed by atoms with Gasteiger partial charge in [-0.3, -0.25) is 4.90 Å². The third-order valence-corrected chi connectivity index (χ3v) is 4.22. The molecule has 1 aromatic heterocycles. The molecule has 1 aliphatic heterocycles. The number of aryl methyl sites for hydroxylation is 1. The van der Waals surface area contributed by atoms with E-state index in [-0.39, 0.29) is 0 Å². The Balaban J connectivity index is 1.44. The van der Waals surface area contributed by atoms with E-state index in [1.807, 2.05) is 25.1 Å². The van der Waals surface area contributed by atoms with Gasteiger partial charge in [0.05, 0.1) is 6.04 Å². The Morgan fingerprint density at radius 1 is 1.42 bits per heavy atom. The largest absolute Gasteiger partial charge is 0.489 e. The van der Waals surface area contributed by atoms with E-state index in [1.54, 1.807) is 0 Å². The highest BCUT2D eigenvalue weighted by atomic mass is 16.5. The summed E-state index contributed by atoms with van der Waals surface area (Å²) in [4.78, 5) is 6.94. The zero-order chi connectivity index (χ0) is 12.8. The normalized spacial score (nSPS) is 26.4. The fraction of sp³-hybridized carbons (Fsp3) is 0.533. The Morgan fingerprint density at radius 3 is 3.11 bits per heavy atom. The SMILES string of the molecule is Cc1nc2c(OCC3CN3C3CCC3)cccc2o1. The van der Waals surface area contributed by atoms with Crippen molar-refractivity contribution in [3.05, 3.63) is 24.1 Å². The van der Waals surface area contributed by atoms with Gasteiger partial charge < -0.3 is 9.15 Å². The number of oxazole rings is 1. The van der Waals surface area contributed by atoms with Gasteiger partial charge in [-0.05, 0) is 25.0 Å². The molecule has 0 bridgehead atoms. The van der Waals surface area contributed by atoms with Crippen molar-refractivity contribution in [1.29, 1.82) is 0 Å². The lowest BCUT2D eigenvalue weighted by atomic mass is 9.93. The predicted molar refractivity (Wildman–Crippen MR) is 72.4 cm³/mol. The van der Waals surface area contributed by atoms with Crippen LogP contribution in [0.4, 0.5) is 0 Å². The number of hydrogen-bond acceptors (Lipinski definition) is 4. The maximum Gasteiger partial charge on any atom is 0.192 e. The van der Waals surface area contributed by atoms with Gasteiger partial charge in [-0.1, -0.05) is 12.5 Å². The van der Waals surface area contributed by atoms with Gasteiger partial charge in [0.2, 0.25) is 0 Å². The molecule has 2 heterocycles. The first-order valence-electron chi connectivity index (χ1n) is 7.06. The van der Waals surface area contributed by atoms with Crippen molar-refractivity contribution in [3.8, 4) is 5.75 Å². The highest BCUT2D eigenvalue weighted by Crippen LogP contribution is 2.34. The minimum atomic E-state index is 0.605. The van der Waals surface area contributed by atoms with Crippen LogP contribution >= 0.6 is 0 Å². The van der Waals surface area contributed by atoms with Gasteiger partial charge in [0, 0.05) is 19.5 Å². The molecule has 1 saturated heterocycles. The van der Waals surface area contributed by atoms with E-state index in [4.69, 9.17) is 9.15 Å². The number of hydrogen-bond donors (Lipinski definition) is 0. The van der Waals surface area contributed by atoms with Gasteiger partial charge in [-0.25, -0.2) is 4.98 Å². The number of nitrogens with zero attached hydrogens (tertiary/aromatic N) is 2. The third kappa shape index (κ3) is 2.00. The molecule has 0 spiro atoms. The first kappa shape index (κ1) is 11.3. The van der Waals surface area contributed by atoms with Crippen molar-refractivity contribution in [1.82, 2.24) is 9.88 Å². The molecular weight excluding hydrogens is 240 g/mol. The van der Waals surface area contributed by atoms with Crippen molar-refractivity contribution in [2.75, 3.05) is 13.2 Å². The van der Waals surface area contributed by atoms with Crippen LogP contribution in [0.2, 0.25) is 0 Å². The molecule has 2 atom stereocenters. The Bertz CT molecular complexity index is 603. The van der Waals surface area contributed by atoms with Crippen LogP contribution in [0.25, 0.3) is 11.1 Å². The molecule has 0 amide bonds. The summed E-state index contributed by atoms with van der Waals surface area (Å²) in [5, 5.41) is 0. The van der Waals surface area contributed by atoms with Crippen LogP contribution in [0.5, 0.6) is 5.75 Å². The zero-order valence-electron chi connectivity index (χ0n) is 11.1. The van der Waals surface area contributed by atoms with Gasteiger partial charge in [0.1, 0.15) is 12.4 Å². The molecule has 19 heavy (non-hydrogen) atoms. The van der Waals surface area contributed by atoms with E-state index in [2.05, 4.69) is 9.88 Å². The van der Waals surface area contributed by atoms with E-state index in [0.717, 1.165) is 29.5 Å². The van der Waals surface area contributed by atoms with Crippen molar-refractivity contribution in [2.45, 2.75) is 38.3 Å². The Morgan fingerprint density at radius 2 is 2.32 bits per heavy atom. The number of ether oxygens (including phenoxy) is 1. The molecule has 2 aliphatic rings. The van der Waals surface area contributed by atoms with Crippen LogP contribution in [0.1, 0.15) is 25.2 Å². The van der Waals surface area contributed by atoms with E-state index in [9.17, 15) is 0 Å². The fourth-order valence-electron chi connectivity index (χ4n) is 2.85. The van der Waals surface area contributed by atoms with Gasteiger partial charge >= 0.3 is 0 Å². The molecule has 4 heteroatoms. The summed E-state index contributed by atoms with van der Waals surface area (Å²) in [6.07, 6.45) is 4.13. The van der Waals surface area contributed by atoms with Gasteiger partial charge in [0.25, 0.3) is 0 Å². The van der Waals surface area contributed by atoms with E-state index in [0.29, 0.717) is 11.9 Å². The van der Waals surface area contributed by atoms with Crippen LogP contribution in [-0.2, 0) is 0 Å². The lowest BCUT2D eigenvalue weighted by molar-refractivity contribution is 0.216. The first-order valence-corrected chi connectivity index (χ1v) is 7.06. The average Bonchev–Trinajstić information content (AvgIpc) is 2.95. The highest BCUT2D eigenvalue weighted by Gasteiger charge is 2.42. The van der Waals surface area contributed by atoms with Crippen LogP contribution in [0.15, 0.2) is 22.6 Å². The monoisotopic (exact) mass is 258 g/mol. The topological polar surface area (TPSA) is 38.3 Å². The van der Waals surface area contributed by atoms with Crippen molar-refractivity contribution in [3.63, 3.8) is 0 Å². The number of aromatic nitrogens is 1. The predicted octanol–water partition coefficient (Wildman–Crippen LogP) is 2.75. The minimum absolute atomic E-state index is 0.605. The molecule has 4 nitrogen and oxygen atoms in total. The quantitative estimate of drug-likeness (QED) is 0.790. The summed E-state index contributed by atoms with van der Waals surface area (Å²) in [5.41, 5.74) is 1.65. The second kappa shape index (κ2) is 4.23. The second-order valence-electron chi connectivity index (χ2n) is 5.58. The molecule has 2 unspecified atom stereocenters. The number of benzene rings is 1. The molecule has 100 valence electrons. The van der Waals surface area contributed by atoms with E-state index >= 15 is 0 Å². The van der Waals surface area contributed by atoms with E-state index in [1.165, 1.54) is 25.8 Å². The summed E-state index contributed by atoms with van der Waals surface area (Å²) in [6, 6.07) is 7.30. The molecule has 4 rings (SSSR count). The maximum atomic E-state index is 5.94. The van der Waals surface area contributed by atoms with Crippen LogP contribution in [-0.4, -0.2) is 35.1 Å². The van der Waals surface area contributed by atoms with Crippen LogP contribution < -0.4 is 4.74 Å². The van der Waals surface area contributed by atoms with Crippen LogP contribution in [0, 0.1) is 6.92 Å². The number of rotatable bonds is 4. The van der Waals surface area contributed by atoms with Crippen molar-refractivity contribution in [2.24, 2.45) is 0 Å². The summed E-state index contributed by atoms with van der Waals surface area (Å²) < 4.78 is 11.5. The third-order valence-electron chi connectivity index (χ3n) is 4.22. The lowest BCUT2D eigenvalue weighted by Gasteiger charge is -2.27. The number of para-hydroxylation sites is 1. The number of fused-ring (bicyclic) bond motifs is 1. The van der Waals surface area contributed by atoms with Gasteiger partial charge in [-0.15, -0.1) is 0 Å². The lowest BCUT2D eigenvalue weighted by Crippen LogP contribution is -2.29. The fourth-order valence-corrected chi connectivity index (χ4v) is 2.85. The summed E-state index contributed by atoms with van der Waals surface area (Å²) in [5.74, 6) is 1.53.